The molecule has 0 aromatic rings. The molecule has 1 rings (SSSR count). The zero-order valence-electron chi connectivity index (χ0n) is 9.57. The third kappa shape index (κ3) is 3.74. The molecule has 0 saturated heterocycles. The zero-order valence-corrected chi connectivity index (χ0v) is 9.57. The van der Waals surface area contributed by atoms with Crippen molar-refractivity contribution in [1.82, 2.24) is 0 Å². The van der Waals surface area contributed by atoms with Gasteiger partial charge in [-0.15, -0.1) is 0 Å². The Balaban J connectivity index is 2.55. The number of hydrogen-bond acceptors (Lipinski definition) is 2. The van der Waals surface area contributed by atoms with E-state index < -0.39 is 0 Å². The van der Waals surface area contributed by atoms with Gasteiger partial charge >= 0.3 is 5.97 Å². The van der Waals surface area contributed by atoms with Crippen molar-refractivity contribution in [3.8, 4) is 0 Å². The summed E-state index contributed by atoms with van der Waals surface area (Å²) in [6.45, 7) is 4.37. The number of carbonyl (C=O) groups excluding carboxylic acids is 1. The number of allylic oxidation sites excluding steroid dienone is 5. The van der Waals surface area contributed by atoms with Crippen molar-refractivity contribution in [3.63, 3.8) is 0 Å². The van der Waals surface area contributed by atoms with E-state index in [-0.39, 0.29) is 5.97 Å². The van der Waals surface area contributed by atoms with E-state index in [2.05, 4.69) is 36.8 Å². The molecule has 0 aromatic carbocycles. The first-order valence-corrected chi connectivity index (χ1v) is 5.27. The van der Waals surface area contributed by atoms with Gasteiger partial charge in [0.2, 0.25) is 0 Å². The Bertz CT molecular complexity index is 308. The third-order valence-corrected chi connectivity index (χ3v) is 2.56. The molecule has 82 valence electrons. The average molecular weight is 206 g/mol. The van der Waals surface area contributed by atoms with Crippen molar-refractivity contribution in [1.29, 1.82) is 0 Å². The fraction of sp³-hybridized carbons (Fsp3) is 0.462. The van der Waals surface area contributed by atoms with E-state index in [4.69, 9.17) is 0 Å². The molecule has 0 heterocycles. The molecular weight excluding hydrogens is 188 g/mol. The van der Waals surface area contributed by atoms with Gasteiger partial charge < -0.3 is 4.74 Å². The Labute approximate surface area is 91.3 Å². The smallest absolute Gasteiger partial charge is 0.330 e. The predicted octanol–water partition coefficient (Wildman–Crippen LogP) is 2.87. The summed E-state index contributed by atoms with van der Waals surface area (Å²) in [6, 6.07) is 0. The minimum Gasteiger partial charge on any atom is -0.466 e. The highest BCUT2D eigenvalue weighted by Crippen LogP contribution is 2.25. The molecule has 1 unspecified atom stereocenters. The van der Waals surface area contributed by atoms with Gasteiger partial charge in [0.05, 0.1) is 7.11 Å². The summed E-state index contributed by atoms with van der Waals surface area (Å²) in [5.74, 6) is 0.611. The van der Waals surface area contributed by atoms with Gasteiger partial charge in [0.1, 0.15) is 0 Å². The van der Waals surface area contributed by atoms with Gasteiger partial charge in [0.15, 0.2) is 0 Å². The minimum atomic E-state index is -0.288. The average Bonchev–Trinajstić information content (AvgIpc) is 2.26. The van der Waals surface area contributed by atoms with Gasteiger partial charge in [-0.2, -0.15) is 0 Å². The summed E-state index contributed by atoms with van der Waals surface area (Å²) >= 11 is 0. The van der Waals surface area contributed by atoms with Gasteiger partial charge in [0, 0.05) is 6.08 Å². The molecule has 15 heavy (non-hydrogen) atoms. The molecule has 0 amide bonds. The maximum atomic E-state index is 10.9. The molecule has 0 spiro atoms. The maximum absolute atomic E-state index is 10.9. The van der Waals surface area contributed by atoms with E-state index in [0.29, 0.717) is 11.8 Å². The normalized spacial score (nSPS) is 20.8. The van der Waals surface area contributed by atoms with Gasteiger partial charge in [-0.3, -0.25) is 0 Å². The van der Waals surface area contributed by atoms with Crippen LogP contribution >= 0.6 is 0 Å². The minimum absolute atomic E-state index is 0.288. The lowest BCUT2D eigenvalue weighted by molar-refractivity contribution is -0.134. The lowest BCUT2D eigenvalue weighted by Crippen LogP contribution is -2.05. The van der Waals surface area contributed by atoms with Gasteiger partial charge in [0.25, 0.3) is 0 Å². The van der Waals surface area contributed by atoms with Crippen LogP contribution in [0.5, 0.6) is 0 Å². The molecule has 2 nitrogen and oxygen atoms in total. The Morgan fingerprint density at radius 3 is 2.93 bits per heavy atom. The molecule has 0 fully saturated rings. The summed E-state index contributed by atoms with van der Waals surface area (Å²) in [6.07, 6.45) is 10.7. The molecule has 1 aliphatic rings. The summed E-state index contributed by atoms with van der Waals surface area (Å²) in [5.41, 5.74) is 1.43. The fourth-order valence-corrected chi connectivity index (χ4v) is 1.56. The fourth-order valence-electron chi connectivity index (χ4n) is 1.56. The highest BCUT2D eigenvalue weighted by molar-refractivity contribution is 5.81. The Morgan fingerprint density at radius 1 is 1.60 bits per heavy atom. The highest BCUT2D eigenvalue weighted by atomic mass is 16.5. The van der Waals surface area contributed by atoms with Crippen LogP contribution in [-0.4, -0.2) is 13.1 Å². The molecule has 0 aliphatic heterocycles. The molecule has 1 atom stereocenters. The Morgan fingerprint density at radius 2 is 2.33 bits per heavy atom. The van der Waals surface area contributed by atoms with Crippen molar-refractivity contribution in [2.24, 2.45) is 11.8 Å². The molecule has 2 heteroatoms. The van der Waals surface area contributed by atoms with Gasteiger partial charge in [-0.05, 0) is 18.3 Å². The first kappa shape index (κ1) is 11.8. The van der Waals surface area contributed by atoms with E-state index in [0.717, 1.165) is 6.42 Å². The summed E-state index contributed by atoms with van der Waals surface area (Å²) in [7, 11) is 1.39. The van der Waals surface area contributed by atoms with Crippen LogP contribution in [0.2, 0.25) is 0 Å². The quantitative estimate of drug-likeness (QED) is 0.524. The summed E-state index contributed by atoms with van der Waals surface area (Å²) in [4.78, 5) is 10.9. The van der Waals surface area contributed by atoms with E-state index in [1.807, 2.05) is 6.08 Å². The largest absolute Gasteiger partial charge is 0.466 e. The number of rotatable bonds is 3. The second-order valence-corrected chi connectivity index (χ2v) is 4.03. The third-order valence-electron chi connectivity index (χ3n) is 2.56. The van der Waals surface area contributed by atoms with Gasteiger partial charge in [-0.1, -0.05) is 43.7 Å². The van der Waals surface area contributed by atoms with Crippen LogP contribution < -0.4 is 0 Å². The second kappa shape index (κ2) is 5.54. The first-order chi connectivity index (χ1) is 7.13. The van der Waals surface area contributed by atoms with Crippen LogP contribution in [0.25, 0.3) is 0 Å². The number of carbonyl (C=O) groups is 1. The van der Waals surface area contributed by atoms with E-state index in [1.54, 1.807) is 0 Å². The molecule has 0 aromatic heterocycles. The Kier molecular flexibility index (Phi) is 4.35. The zero-order chi connectivity index (χ0) is 11.3. The second-order valence-electron chi connectivity index (χ2n) is 4.03. The summed E-state index contributed by atoms with van der Waals surface area (Å²) in [5, 5.41) is 0. The molecular formula is C13H18O2. The summed E-state index contributed by atoms with van der Waals surface area (Å²) < 4.78 is 4.55. The first-order valence-electron chi connectivity index (χ1n) is 5.27. The maximum Gasteiger partial charge on any atom is 0.330 e. The van der Waals surface area contributed by atoms with Crippen molar-refractivity contribution < 1.29 is 9.53 Å². The lowest BCUT2D eigenvalue weighted by Gasteiger charge is -2.18. The van der Waals surface area contributed by atoms with Crippen molar-refractivity contribution in [3.05, 3.63) is 36.0 Å². The predicted molar refractivity (Wildman–Crippen MR) is 61.3 cm³/mol. The standard InChI is InChI=1S/C13H18O2/c1-10(2)12-6-4-5-11(9-12)7-8-13(14)15-3/h4-8,10-11H,9H2,1-3H3. The van der Waals surface area contributed by atoms with Crippen molar-refractivity contribution in [2.45, 2.75) is 20.3 Å². The van der Waals surface area contributed by atoms with Crippen molar-refractivity contribution >= 4 is 5.97 Å². The van der Waals surface area contributed by atoms with E-state index in [1.165, 1.54) is 18.8 Å². The topological polar surface area (TPSA) is 26.3 Å². The van der Waals surface area contributed by atoms with Crippen molar-refractivity contribution in [2.75, 3.05) is 7.11 Å². The number of methoxy groups -OCH3 is 1. The Hall–Kier alpha value is -1.31. The van der Waals surface area contributed by atoms with Crippen LogP contribution in [0, 0.1) is 11.8 Å². The van der Waals surface area contributed by atoms with Crippen LogP contribution in [0.4, 0.5) is 0 Å². The van der Waals surface area contributed by atoms with Crippen LogP contribution in [0.15, 0.2) is 36.0 Å². The molecule has 0 radical (unpaired) electrons. The molecule has 0 N–H and O–H groups in total. The molecule has 0 saturated carbocycles. The number of ether oxygens (including phenoxy) is 1. The van der Waals surface area contributed by atoms with E-state index >= 15 is 0 Å². The van der Waals surface area contributed by atoms with E-state index in [9.17, 15) is 4.79 Å². The van der Waals surface area contributed by atoms with Crippen LogP contribution in [0.1, 0.15) is 20.3 Å². The SMILES string of the molecule is COC(=O)C=CC1C=CC=C(C(C)C)C1. The monoisotopic (exact) mass is 206 g/mol. The molecule has 1 aliphatic carbocycles. The number of hydrogen-bond donors (Lipinski definition) is 0. The van der Waals surface area contributed by atoms with Crippen LogP contribution in [0.3, 0.4) is 0 Å². The molecule has 0 bridgehead atoms. The lowest BCUT2D eigenvalue weighted by atomic mass is 9.88. The van der Waals surface area contributed by atoms with Crippen LogP contribution in [-0.2, 0) is 9.53 Å². The van der Waals surface area contributed by atoms with Gasteiger partial charge in [-0.25, -0.2) is 4.79 Å². The number of esters is 1. The highest BCUT2D eigenvalue weighted by Gasteiger charge is 2.11.